The van der Waals surface area contributed by atoms with Gasteiger partial charge in [-0.25, -0.2) is 0 Å². The highest BCUT2D eigenvalue weighted by atomic mass is 16.5. The molecule has 28 heavy (non-hydrogen) atoms. The zero-order valence-electron chi connectivity index (χ0n) is 16.3. The first kappa shape index (κ1) is 18.2. The molecule has 0 fully saturated rings. The van der Waals surface area contributed by atoms with E-state index in [-0.39, 0.29) is 11.9 Å². The second kappa shape index (κ2) is 7.85. The molecule has 4 heteroatoms. The fraction of sp³-hybridized carbons (Fsp3) is 0.250. The van der Waals surface area contributed by atoms with Crippen molar-refractivity contribution >= 4 is 5.91 Å². The zero-order valence-corrected chi connectivity index (χ0v) is 16.3. The second-order valence-electron chi connectivity index (χ2n) is 7.25. The number of methoxy groups -OCH3 is 1. The van der Waals surface area contributed by atoms with E-state index in [1.54, 1.807) is 13.3 Å². The van der Waals surface area contributed by atoms with E-state index in [1.165, 1.54) is 16.7 Å². The summed E-state index contributed by atoms with van der Waals surface area (Å²) in [6.45, 7) is 2.82. The van der Waals surface area contributed by atoms with Crippen LogP contribution in [0.25, 0.3) is 0 Å². The Labute approximate surface area is 165 Å². The number of hydrogen-bond acceptors (Lipinski definition) is 3. The van der Waals surface area contributed by atoms with Gasteiger partial charge in [-0.2, -0.15) is 0 Å². The molecule has 4 rings (SSSR count). The Bertz CT molecular complexity index is 968. The van der Waals surface area contributed by atoms with Gasteiger partial charge in [-0.3, -0.25) is 9.78 Å². The molecule has 0 saturated heterocycles. The highest BCUT2D eigenvalue weighted by Gasteiger charge is 2.32. The molecule has 0 N–H and O–H groups in total. The van der Waals surface area contributed by atoms with E-state index in [0.29, 0.717) is 13.0 Å². The Hall–Kier alpha value is -3.14. The molecule has 4 nitrogen and oxygen atoms in total. The molecule has 0 bridgehead atoms. The predicted molar refractivity (Wildman–Crippen MR) is 109 cm³/mol. The van der Waals surface area contributed by atoms with E-state index in [0.717, 1.165) is 23.3 Å². The number of ether oxygens (including phenoxy) is 1. The first-order valence-electron chi connectivity index (χ1n) is 9.57. The van der Waals surface area contributed by atoms with Gasteiger partial charge in [0.25, 0.3) is 0 Å². The molecule has 2 aromatic carbocycles. The van der Waals surface area contributed by atoms with Crippen LogP contribution in [0.15, 0.2) is 67.0 Å². The molecule has 1 aromatic heterocycles. The van der Waals surface area contributed by atoms with Crippen LogP contribution in [0.2, 0.25) is 0 Å². The minimum Gasteiger partial charge on any atom is -0.497 e. The summed E-state index contributed by atoms with van der Waals surface area (Å²) in [5.41, 5.74) is 5.82. The van der Waals surface area contributed by atoms with Crippen LogP contribution >= 0.6 is 0 Å². The minimum absolute atomic E-state index is 0.0937. The van der Waals surface area contributed by atoms with Gasteiger partial charge in [0, 0.05) is 18.9 Å². The highest BCUT2D eigenvalue weighted by Crippen LogP contribution is 2.35. The van der Waals surface area contributed by atoms with Crippen molar-refractivity contribution in [2.75, 3.05) is 13.7 Å². The van der Waals surface area contributed by atoms with Crippen molar-refractivity contribution in [3.63, 3.8) is 0 Å². The number of carbonyl (C=O) groups excluding carboxylic acids is 1. The van der Waals surface area contributed by atoms with Crippen LogP contribution in [0.5, 0.6) is 5.75 Å². The van der Waals surface area contributed by atoms with Crippen LogP contribution in [-0.4, -0.2) is 29.4 Å². The van der Waals surface area contributed by atoms with E-state index >= 15 is 0 Å². The van der Waals surface area contributed by atoms with Crippen LogP contribution < -0.4 is 4.74 Å². The summed E-state index contributed by atoms with van der Waals surface area (Å²) in [5.74, 6) is 0.928. The van der Waals surface area contributed by atoms with E-state index < -0.39 is 0 Å². The van der Waals surface area contributed by atoms with Crippen LogP contribution in [0.3, 0.4) is 0 Å². The van der Waals surface area contributed by atoms with Gasteiger partial charge in [0.1, 0.15) is 5.75 Å². The first-order chi connectivity index (χ1) is 13.7. The number of aryl methyl sites for hydroxylation is 1. The molecule has 1 amide bonds. The van der Waals surface area contributed by atoms with Crippen LogP contribution in [-0.2, 0) is 17.6 Å². The average molecular weight is 372 g/mol. The standard InChI is InChI=1S/C24H24N2O2/c1-17-5-10-22-19(14-17)11-13-26(24(22)20-4-3-12-25-16-20)23(27)15-18-6-8-21(28-2)9-7-18/h3-10,12,14,16,24H,11,13,15H2,1-2H3. The highest BCUT2D eigenvalue weighted by molar-refractivity contribution is 5.80. The third-order valence-corrected chi connectivity index (χ3v) is 5.36. The third-order valence-electron chi connectivity index (χ3n) is 5.36. The summed E-state index contributed by atoms with van der Waals surface area (Å²) in [7, 11) is 1.64. The maximum Gasteiger partial charge on any atom is 0.227 e. The van der Waals surface area contributed by atoms with Crippen molar-refractivity contribution in [2.24, 2.45) is 0 Å². The Morgan fingerprint density at radius 3 is 2.71 bits per heavy atom. The van der Waals surface area contributed by atoms with Gasteiger partial charge in [0.15, 0.2) is 0 Å². The van der Waals surface area contributed by atoms with Crippen molar-refractivity contribution in [2.45, 2.75) is 25.8 Å². The maximum atomic E-state index is 13.3. The number of fused-ring (bicyclic) bond motifs is 1. The van der Waals surface area contributed by atoms with Crippen molar-refractivity contribution in [1.82, 2.24) is 9.88 Å². The van der Waals surface area contributed by atoms with E-state index in [4.69, 9.17) is 4.74 Å². The molecule has 0 radical (unpaired) electrons. The van der Waals surface area contributed by atoms with Crippen molar-refractivity contribution < 1.29 is 9.53 Å². The number of pyridine rings is 1. The van der Waals surface area contributed by atoms with Crippen LogP contribution in [0, 0.1) is 6.92 Å². The van der Waals surface area contributed by atoms with Gasteiger partial charge in [-0.1, -0.05) is 42.0 Å². The Kier molecular flexibility index (Phi) is 5.11. The maximum absolute atomic E-state index is 13.3. The summed E-state index contributed by atoms with van der Waals surface area (Å²) in [5, 5.41) is 0. The largest absolute Gasteiger partial charge is 0.497 e. The van der Waals surface area contributed by atoms with Gasteiger partial charge in [0.05, 0.1) is 19.6 Å². The summed E-state index contributed by atoms with van der Waals surface area (Å²) >= 11 is 0. The number of rotatable bonds is 4. The summed E-state index contributed by atoms with van der Waals surface area (Å²) in [6, 6.07) is 18.1. The van der Waals surface area contributed by atoms with E-state index in [1.807, 2.05) is 41.4 Å². The fourth-order valence-electron chi connectivity index (χ4n) is 3.94. The fourth-order valence-corrected chi connectivity index (χ4v) is 3.94. The minimum atomic E-state index is -0.0937. The zero-order chi connectivity index (χ0) is 19.5. The van der Waals surface area contributed by atoms with Gasteiger partial charge >= 0.3 is 0 Å². The molecule has 0 spiro atoms. The molecule has 2 heterocycles. The molecule has 1 unspecified atom stereocenters. The van der Waals surface area contributed by atoms with Crippen molar-refractivity contribution in [3.8, 4) is 5.75 Å². The quantitative estimate of drug-likeness (QED) is 0.692. The molecular weight excluding hydrogens is 348 g/mol. The SMILES string of the molecule is COc1ccc(CC(=O)N2CCc3cc(C)ccc3C2c2cccnc2)cc1. The van der Waals surface area contributed by atoms with Gasteiger partial charge in [0.2, 0.25) is 5.91 Å². The first-order valence-corrected chi connectivity index (χ1v) is 9.57. The number of hydrogen-bond donors (Lipinski definition) is 0. The predicted octanol–water partition coefficient (Wildman–Crippen LogP) is 4.12. The summed E-state index contributed by atoms with van der Waals surface area (Å²) in [4.78, 5) is 19.6. The monoisotopic (exact) mass is 372 g/mol. The lowest BCUT2D eigenvalue weighted by atomic mass is 9.87. The number of aromatic nitrogens is 1. The number of carbonyl (C=O) groups is 1. The average Bonchev–Trinajstić information content (AvgIpc) is 2.74. The Morgan fingerprint density at radius 1 is 1.18 bits per heavy atom. The topological polar surface area (TPSA) is 42.4 Å². The van der Waals surface area contributed by atoms with Crippen molar-refractivity contribution in [3.05, 3.63) is 94.8 Å². The van der Waals surface area contributed by atoms with Gasteiger partial charge in [-0.15, -0.1) is 0 Å². The van der Waals surface area contributed by atoms with Crippen LogP contribution in [0.1, 0.15) is 33.9 Å². The molecule has 0 saturated carbocycles. The summed E-state index contributed by atoms with van der Waals surface area (Å²) < 4.78 is 5.21. The molecule has 142 valence electrons. The molecular formula is C24H24N2O2. The lowest BCUT2D eigenvalue weighted by Gasteiger charge is -2.38. The molecule has 3 aromatic rings. The Morgan fingerprint density at radius 2 is 2.00 bits per heavy atom. The third kappa shape index (κ3) is 3.63. The van der Waals surface area contributed by atoms with Gasteiger partial charge < -0.3 is 9.64 Å². The molecule has 1 aliphatic rings. The number of amides is 1. The smallest absolute Gasteiger partial charge is 0.227 e. The molecule has 0 aliphatic carbocycles. The van der Waals surface area contributed by atoms with E-state index in [2.05, 4.69) is 36.2 Å². The lowest BCUT2D eigenvalue weighted by Crippen LogP contribution is -2.41. The second-order valence-corrected chi connectivity index (χ2v) is 7.25. The Balaban J connectivity index is 1.66. The van der Waals surface area contributed by atoms with Gasteiger partial charge in [-0.05, 0) is 53.8 Å². The number of nitrogens with zero attached hydrogens (tertiary/aromatic N) is 2. The van der Waals surface area contributed by atoms with Crippen LogP contribution in [0.4, 0.5) is 0 Å². The van der Waals surface area contributed by atoms with Crippen molar-refractivity contribution in [1.29, 1.82) is 0 Å². The lowest BCUT2D eigenvalue weighted by molar-refractivity contribution is -0.132. The number of benzene rings is 2. The molecule has 1 aliphatic heterocycles. The van der Waals surface area contributed by atoms with E-state index in [9.17, 15) is 4.79 Å². The molecule has 1 atom stereocenters. The normalized spacial score (nSPS) is 15.8. The summed E-state index contributed by atoms with van der Waals surface area (Å²) in [6.07, 6.45) is 4.89.